The van der Waals surface area contributed by atoms with Gasteiger partial charge in [0.25, 0.3) is 0 Å². The van der Waals surface area contributed by atoms with E-state index in [1.54, 1.807) is 0 Å². The summed E-state index contributed by atoms with van der Waals surface area (Å²) in [5.41, 5.74) is -1.13. The van der Waals surface area contributed by atoms with Crippen LogP contribution >= 0.6 is 0 Å². The Balaban J connectivity index is 2.83. The van der Waals surface area contributed by atoms with Gasteiger partial charge >= 0.3 is 6.18 Å². The van der Waals surface area contributed by atoms with Crippen LogP contribution < -0.4 is 0 Å². The molecule has 1 rings (SSSR count). The molecule has 1 N–H and O–H groups in total. The first-order valence-electron chi connectivity index (χ1n) is 4.13. The van der Waals surface area contributed by atoms with E-state index in [1.165, 1.54) is 0 Å². The average molecular weight is 236 g/mol. The predicted molar refractivity (Wildman–Crippen MR) is 46.1 cm³/mol. The third-order valence-corrected chi connectivity index (χ3v) is 1.78. The summed E-state index contributed by atoms with van der Waals surface area (Å²) in [5.74, 6) is 0. The lowest BCUT2D eigenvalue weighted by molar-refractivity contribution is -0.491. The summed E-state index contributed by atoms with van der Waals surface area (Å²) in [6.07, 6.45) is -5.24. The van der Waals surface area contributed by atoms with Crippen LogP contribution in [0.2, 0.25) is 0 Å². The smallest absolute Gasteiger partial charge is 0.381 e. The van der Waals surface area contributed by atoms with E-state index >= 15 is 0 Å². The number of nitro groups is 1. The number of hydrogen-bond acceptors (Lipinski definition) is 4. The lowest BCUT2D eigenvalue weighted by Gasteiger charge is -2.08. The Morgan fingerprint density at radius 2 is 2.12 bits per heavy atom. The van der Waals surface area contributed by atoms with Crippen molar-refractivity contribution in [3.05, 3.63) is 39.7 Å². The first kappa shape index (κ1) is 12.4. The van der Waals surface area contributed by atoms with Crippen molar-refractivity contribution in [2.75, 3.05) is 6.54 Å². The number of halogens is 3. The number of pyridine rings is 1. The van der Waals surface area contributed by atoms with Crippen LogP contribution in [0.25, 0.3) is 0 Å². The van der Waals surface area contributed by atoms with E-state index in [4.69, 9.17) is 0 Å². The lowest BCUT2D eigenvalue weighted by Crippen LogP contribution is -2.13. The fourth-order valence-corrected chi connectivity index (χ4v) is 1.02. The Bertz CT molecular complexity index is 377. The maximum Gasteiger partial charge on any atom is 0.433 e. The Labute approximate surface area is 87.7 Å². The molecule has 0 aliphatic rings. The SMILES string of the molecule is O=[N+]([O-])CC(O)c1ccc(C(F)(F)F)nc1. The molecule has 0 amide bonds. The van der Waals surface area contributed by atoms with Crippen molar-refractivity contribution >= 4 is 0 Å². The Morgan fingerprint density at radius 3 is 2.50 bits per heavy atom. The minimum absolute atomic E-state index is 0.0234. The Hall–Kier alpha value is -1.70. The van der Waals surface area contributed by atoms with Gasteiger partial charge in [0, 0.05) is 16.7 Å². The minimum Gasteiger partial charge on any atom is -0.381 e. The summed E-state index contributed by atoms with van der Waals surface area (Å²) in [7, 11) is 0. The number of alkyl halides is 3. The van der Waals surface area contributed by atoms with Crippen molar-refractivity contribution in [3.8, 4) is 0 Å². The molecule has 8 heteroatoms. The van der Waals surface area contributed by atoms with Crippen molar-refractivity contribution in [2.24, 2.45) is 0 Å². The number of rotatable bonds is 3. The summed E-state index contributed by atoms with van der Waals surface area (Å²) >= 11 is 0. The molecule has 0 spiro atoms. The van der Waals surface area contributed by atoms with Gasteiger partial charge in [0.05, 0.1) is 0 Å². The molecule has 1 unspecified atom stereocenters. The van der Waals surface area contributed by atoms with Gasteiger partial charge in [-0.15, -0.1) is 0 Å². The molecule has 0 bridgehead atoms. The average Bonchev–Trinajstić information content (AvgIpc) is 2.15. The largest absolute Gasteiger partial charge is 0.433 e. The van der Waals surface area contributed by atoms with Gasteiger partial charge in [0.15, 0.2) is 0 Å². The van der Waals surface area contributed by atoms with E-state index < -0.39 is 29.4 Å². The van der Waals surface area contributed by atoms with Crippen molar-refractivity contribution in [1.29, 1.82) is 0 Å². The Morgan fingerprint density at radius 1 is 1.50 bits per heavy atom. The quantitative estimate of drug-likeness (QED) is 0.635. The summed E-state index contributed by atoms with van der Waals surface area (Å²) in [6, 6.07) is 1.63. The van der Waals surface area contributed by atoms with Gasteiger partial charge < -0.3 is 5.11 Å². The molecule has 0 aliphatic carbocycles. The second-order valence-electron chi connectivity index (χ2n) is 3.01. The topological polar surface area (TPSA) is 76.3 Å². The number of aliphatic hydroxyl groups is 1. The van der Waals surface area contributed by atoms with Crippen LogP contribution in [0.3, 0.4) is 0 Å². The molecule has 0 aromatic carbocycles. The van der Waals surface area contributed by atoms with Crippen LogP contribution in [0.1, 0.15) is 17.4 Å². The van der Waals surface area contributed by atoms with Gasteiger partial charge in [-0.3, -0.25) is 15.1 Å². The normalized spacial score (nSPS) is 13.5. The van der Waals surface area contributed by atoms with Gasteiger partial charge in [-0.1, -0.05) is 6.07 Å². The molecule has 88 valence electrons. The van der Waals surface area contributed by atoms with E-state index in [0.29, 0.717) is 6.07 Å². The molecule has 1 heterocycles. The first-order valence-corrected chi connectivity index (χ1v) is 4.13. The molecule has 0 radical (unpaired) electrons. The van der Waals surface area contributed by atoms with E-state index in [0.717, 1.165) is 12.3 Å². The molecule has 16 heavy (non-hydrogen) atoms. The standard InChI is InChI=1S/C8H7F3N2O3/c9-8(10,11)7-2-1-5(3-12-7)6(14)4-13(15)16/h1-3,6,14H,4H2. The first-order chi connectivity index (χ1) is 7.30. The lowest BCUT2D eigenvalue weighted by atomic mass is 10.1. The van der Waals surface area contributed by atoms with Crippen molar-refractivity contribution in [3.63, 3.8) is 0 Å². The highest BCUT2D eigenvalue weighted by molar-refractivity contribution is 5.18. The molecular weight excluding hydrogens is 229 g/mol. The molecular formula is C8H7F3N2O3. The molecule has 1 aromatic rings. The van der Waals surface area contributed by atoms with Crippen molar-refractivity contribution < 1.29 is 23.2 Å². The molecule has 0 saturated carbocycles. The molecule has 0 aliphatic heterocycles. The fraction of sp³-hybridized carbons (Fsp3) is 0.375. The third kappa shape index (κ3) is 3.16. The van der Waals surface area contributed by atoms with Crippen LogP contribution in [-0.4, -0.2) is 21.6 Å². The van der Waals surface area contributed by atoms with Gasteiger partial charge in [0.1, 0.15) is 11.8 Å². The number of hydrogen-bond donors (Lipinski definition) is 1. The number of nitrogens with zero attached hydrogens (tertiary/aromatic N) is 2. The summed E-state index contributed by atoms with van der Waals surface area (Å²) in [4.78, 5) is 12.4. The zero-order chi connectivity index (χ0) is 12.3. The highest BCUT2D eigenvalue weighted by Crippen LogP contribution is 2.27. The number of aromatic nitrogens is 1. The second kappa shape index (κ2) is 4.44. The van der Waals surface area contributed by atoms with E-state index in [2.05, 4.69) is 4.98 Å². The minimum atomic E-state index is -4.56. The highest BCUT2D eigenvalue weighted by Gasteiger charge is 2.32. The van der Waals surface area contributed by atoms with E-state index in [9.17, 15) is 28.4 Å². The molecule has 0 saturated heterocycles. The van der Waals surface area contributed by atoms with Crippen molar-refractivity contribution in [2.45, 2.75) is 12.3 Å². The summed E-state index contributed by atoms with van der Waals surface area (Å²) in [5, 5.41) is 19.3. The predicted octanol–water partition coefficient (Wildman–Crippen LogP) is 1.41. The zero-order valence-electron chi connectivity index (χ0n) is 7.81. The van der Waals surface area contributed by atoms with Crippen LogP contribution in [0.15, 0.2) is 18.3 Å². The molecule has 1 aromatic heterocycles. The van der Waals surface area contributed by atoms with Crippen LogP contribution in [0.4, 0.5) is 13.2 Å². The van der Waals surface area contributed by atoms with E-state index in [-0.39, 0.29) is 5.56 Å². The van der Waals surface area contributed by atoms with Crippen molar-refractivity contribution in [1.82, 2.24) is 4.98 Å². The highest BCUT2D eigenvalue weighted by atomic mass is 19.4. The second-order valence-corrected chi connectivity index (χ2v) is 3.01. The Kier molecular flexibility index (Phi) is 3.43. The zero-order valence-corrected chi connectivity index (χ0v) is 7.81. The van der Waals surface area contributed by atoms with Gasteiger partial charge in [-0.05, 0) is 6.07 Å². The number of aliphatic hydroxyl groups excluding tert-OH is 1. The monoisotopic (exact) mass is 236 g/mol. The third-order valence-electron chi connectivity index (χ3n) is 1.78. The van der Waals surface area contributed by atoms with Gasteiger partial charge in [0.2, 0.25) is 6.54 Å². The van der Waals surface area contributed by atoms with Gasteiger partial charge in [-0.25, -0.2) is 0 Å². The van der Waals surface area contributed by atoms with Gasteiger partial charge in [-0.2, -0.15) is 13.2 Å². The molecule has 5 nitrogen and oxygen atoms in total. The van der Waals surface area contributed by atoms with Crippen LogP contribution in [0.5, 0.6) is 0 Å². The maximum atomic E-state index is 12.1. The molecule has 0 fully saturated rings. The molecule has 1 atom stereocenters. The summed E-state index contributed by atoms with van der Waals surface area (Å²) < 4.78 is 36.3. The van der Waals surface area contributed by atoms with Crippen LogP contribution in [-0.2, 0) is 6.18 Å². The van der Waals surface area contributed by atoms with E-state index in [1.807, 2.05) is 0 Å². The summed E-state index contributed by atoms with van der Waals surface area (Å²) in [6.45, 7) is -0.771. The maximum absolute atomic E-state index is 12.1. The fourth-order valence-electron chi connectivity index (χ4n) is 1.02. The van der Waals surface area contributed by atoms with Crippen LogP contribution in [0, 0.1) is 10.1 Å².